The third kappa shape index (κ3) is 3.76. The fourth-order valence-corrected chi connectivity index (χ4v) is 3.39. The van der Waals surface area contributed by atoms with Crippen molar-refractivity contribution >= 4 is 0 Å². The van der Waals surface area contributed by atoms with Crippen LogP contribution in [0.2, 0.25) is 0 Å². The van der Waals surface area contributed by atoms with E-state index in [1.165, 1.54) is 17.5 Å². The van der Waals surface area contributed by atoms with Crippen molar-refractivity contribution in [3.05, 3.63) is 71.8 Å². The van der Waals surface area contributed by atoms with Gasteiger partial charge in [-0.2, -0.15) is 0 Å². The number of hydrogen-bond donors (Lipinski definition) is 1. The summed E-state index contributed by atoms with van der Waals surface area (Å²) < 4.78 is 0. The quantitative estimate of drug-likeness (QED) is 0.829. The Balaban J connectivity index is 1.81. The number of benzene rings is 2. The van der Waals surface area contributed by atoms with E-state index in [0.717, 1.165) is 38.8 Å². The zero-order valence-electron chi connectivity index (χ0n) is 13.1. The molecule has 2 aromatic carbocycles. The average molecular weight is 295 g/mol. The molecule has 1 aliphatic carbocycles. The molecule has 0 saturated heterocycles. The molecule has 2 heteroatoms. The van der Waals surface area contributed by atoms with Crippen LogP contribution < -0.4 is 0 Å². The molecule has 0 aromatic heterocycles. The standard InChI is InChI=1S/C20H25NO/c22-20(14-8-3-9-15-20)21(16-18-10-4-1-5-11-18)17-19-12-6-2-7-13-19/h1-2,4-7,10-13,22H,3,8-9,14-17H2. The van der Waals surface area contributed by atoms with E-state index in [4.69, 9.17) is 0 Å². The lowest BCUT2D eigenvalue weighted by atomic mass is 9.89. The Bertz CT molecular complexity index is 519. The normalized spacial score (nSPS) is 17.5. The summed E-state index contributed by atoms with van der Waals surface area (Å²) >= 11 is 0. The molecule has 0 bridgehead atoms. The van der Waals surface area contributed by atoms with Gasteiger partial charge in [0.15, 0.2) is 0 Å². The van der Waals surface area contributed by atoms with E-state index in [2.05, 4.69) is 53.4 Å². The van der Waals surface area contributed by atoms with Gasteiger partial charge in [0.1, 0.15) is 5.72 Å². The van der Waals surface area contributed by atoms with Crippen LogP contribution in [0, 0.1) is 0 Å². The first-order valence-electron chi connectivity index (χ1n) is 8.32. The predicted octanol–water partition coefficient (Wildman–Crippen LogP) is 4.34. The molecule has 0 unspecified atom stereocenters. The minimum atomic E-state index is -0.663. The van der Waals surface area contributed by atoms with Gasteiger partial charge >= 0.3 is 0 Å². The molecule has 1 N–H and O–H groups in total. The molecule has 1 aliphatic rings. The Kier molecular flexibility index (Phi) is 4.91. The van der Waals surface area contributed by atoms with Gasteiger partial charge in [-0.05, 0) is 36.8 Å². The SMILES string of the molecule is OC1(N(Cc2ccccc2)Cc2ccccc2)CCCCC1. The van der Waals surface area contributed by atoms with E-state index in [1.807, 2.05) is 12.1 Å². The Morgan fingerprint density at radius 1 is 0.727 bits per heavy atom. The number of rotatable bonds is 5. The summed E-state index contributed by atoms with van der Waals surface area (Å²) in [6.07, 6.45) is 5.25. The highest BCUT2D eigenvalue weighted by Crippen LogP contribution is 2.33. The van der Waals surface area contributed by atoms with E-state index in [1.54, 1.807) is 0 Å². The first kappa shape index (κ1) is 15.3. The lowest BCUT2D eigenvalue weighted by Gasteiger charge is -2.42. The van der Waals surface area contributed by atoms with Gasteiger partial charge in [0.25, 0.3) is 0 Å². The summed E-state index contributed by atoms with van der Waals surface area (Å²) in [5.41, 5.74) is 1.86. The number of hydrogen-bond acceptors (Lipinski definition) is 2. The molecule has 2 aromatic rings. The molecule has 0 aliphatic heterocycles. The molecule has 2 nitrogen and oxygen atoms in total. The maximum Gasteiger partial charge on any atom is 0.119 e. The Morgan fingerprint density at radius 3 is 1.64 bits per heavy atom. The van der Waals surface area contributed by atoms with Crippen LogP contribution >= 0.6 is 0 Å². The van der Waals surface area contributed by atoms with Gasteiger partial charge in [0.2, 0.25) is 0 Å². The Labute approximate surface area is 133 Å². The van der Waals surface area contributed by atoms with Gasteiger partial charge in [0.05, 0.1) is 0 Å². The molecule has 116 valence electrons. The van der Waals surface area contributed by atoms with E-state index in [-0.39, 0.29) is 0 Å². The van der Waals surface area contributed by atoms with E-state index in [0.29, 0.717) is 0 Å². The summed E-state index contributed by atoms with van der Waals surface area (Å²) in [6, 6.07) is 20.9. The number of aliphatic hydroxyl groups is 1. The first-order valence-corrected chi connectivity index (χ1v) is 8.32. The van der Waals surface area contributed by atoms with Crippen molar-refractivity contribution in [3.63, 3.8) is 0 Å². The van der Waals surface area contributed by atoms with E-state index < -0.39 is 5.72 Å². The average Bonchev–Trinajstić information content (AvgIpc) is 2.57. The zero-order valence-corrected chi connectivity index (χ0v) is 13.1. The molecular formula is C20H25NO. The third-order valence-electron chi connectivity index (χ3n) is 4.68. The van der Waals surface area contributed by atoms with Crippen molar-refractivity contribution in [2.24, 2.45) is 0 Å². The van der Waals surface area contributed by atoms with Crippen molar-refractivity contribution in [3.8, 4) is 0 Å². The zero-order chi connectivity index (χ0) is 15.3. The third-order valence-corrected chi connectivity index (χ3v) is 4.68. The van der Waals surface area contributed by atoms with Crippen molar-refractivity contribution in [1.29, 1.82) is 0 Å². The maximum absolute atomic E-state index is 11.2. The smallest absolute Gasteiger partial charge is 0.119 e. The minimum absolute atomic E-state index is 0.663. The Hall–Kier alpha value is -1.64. The lowest BCUT2D eigenvalue weighted by molar-refractivity contribution is -0.141. The van der Waals surface area contributed by atoms with Crippen LogP contribution in [0.5, 0.6) is 0 Å². The molecular weight excluding hydrogens is 270 g/mol. The van der Waals surface area contributed by atoms with Crippen LogP contribution in [-0.2, 0) is 13.1 Å². The highest BCUT2D eigenvalue weighted by molar-refractivity contribution is 5.17. The van der Waals surface area contributed by atoms with Crippen LogP contribution in [0.3, 0.4) is 0 Å². The molecule has 0 heterocycles. The molecule has 0 atom stereocenters. The summed E-state index contributed by atoms with van der Waals surface area (Å²) in [4.78, 5) is 2.26. The summed E-state index contributed by atoms with van der Waals surface area (Å²) in [5.74, 6) is 0. The summed E-state index contributed by atoms with van der Waals surface area (Å²) in [7, 11) is 0. The van der Waals surface area contributed by atoms with Crippen LogP contribution in [0.25, 0.3) is 0 Å². The predicted molar refractivity (Wildman–Crippen MR) is 90.2 cm³/mol. The number of nitrogens with zero attached hydrogens (tertiary/aromatic N) is 1. The van der Waals surface area contributed by atoms with Crippen LogP contribution in [0.15, 0.2) is 60.7 Å². The Morgan fingerprint density at radius 2 is 1.18 bits per heavy atom. The van der Waals surface area contributed by atoms with Gasteiger partial charge in [-0.3, -0.25) is 4.90 Å². The molecule has 1 fully saturated rings. The maximum atomic E-state index is 11.2. The molecule has 1 saturated carbocycles. The highest BCUT2D eigenvalue weighted by Gasteiger charge is 2.35. The van der Waals surface area contributed by atoms with Crippen molar-refractivity contribution < 1.29 is 5.11 Å². The molecule has 0 radical (unpaired) electrons. The van der Waals surface area contributed by atoms with Crippen molar-refractivity contribution in [2.75, 3.05) is 0 Å². The molecule has 3 rings (SSSR count). The fraction of sp³-hybridized carbons (Fsp3) is 0.400. The highest BCUT2D eigenvalue weighted by atomic mass is 16.3. The van der Waals surface area contributed by atoms with Gasteiger partial charge in [-0.25, -0.2) is 0 Å². The second-order valence-electron chi connectivity index (χ2n) is 6.37. The van der Waals surface area contributed by atoms with Crippen LogP contribution in [0.4, 0.5) is 0 Å². The molecule has 0 amide bonds. The summed E-state index contributed by atoms with van der Waals surface area (Å²) in [5, 5.41) is 11.2. The first-order chi connectivity index (χ1) is 10.8. The van der Waals surface area contributed by atoms with Crippen molar-refractivity contribution in [2.45, 2.75) is 50.9 Å². The van der Waals surface area contributed by atoms with Gasteiger partial charge < -0.3 is 5.11 Å². The monoisotopic (exact) mass is 295 g/mol. The van der Waals surface area contributed by atoms with Gasteiger partial charge in [-0.1, -0.05) is 67.1 Å². The van der Waals surface area contributed by atoms with Crippen LogP contribution in [0.1, 0.15) is 43.2 Å². The largest absolute Gasteiger partial charge is 0.376 e. The summed E-state index contributed by atoms with van der Waals surface area (Å²) in [6.45, 7) is 1.60. The fourth-order valence-electron chi connectivity index (χ4n) is 3.39. The lowest BCUT2D eigenvalue weighted by Crippen LogP contribution is -2.49. The van der Waals surface area contributed by atoms with Crippen molar-refractivity contribution in [1.82, 2.24) is 4.90 Å². The van der Waals surface area contributed by atoms with Crippen LogP contribution in [-0.4, -0.2) is 15.7 Å². The van der Waals surface area contributed by atoms with E-state index in [9.17, 15) is 5.11 Å². The van der Waals surface area contributed by atoms with Gasteiger partial charge in [0, 0.05) is 13.1 Å². The molecule has 0 spiro atoms. The second kappa shape index (κ2) is 7.08. The molecule has 22 heavy (non-hydrogen) atoms. The van der Waals surface area contributed by atoms with Gasteiger partial charge in [-0.15, -0.1) is 0 Å². The minimum Gasteiger partial charge on any atom is -0.376 e. The van der Waals surface area contributed by atoms with E-state index >= 15 is 0 Å². The second-order valence-corrected chi connectivity index (χ2v) is 6.37. The topological polar surface area (TPSA) is 23.5 Å².